The van der Waals surface area contributed by atoms with Crippen molar-refractivity contribution in [3.63, 3.8) is 0 Å². The summed E-state index contributed by atoms with van der Waals surface area (Å²) in [6.07, 6.45) is 5.83. The summed E-state index contributed by atoms with van der Waals surface area (Å²) >= 11 is 0. The van der Waals surface area contributed by atoms with E-state index in [-0.39, 0.29) is 18.0 Å². The fourth-order valence-corrected chi connectivity index (χ4v) is 3.89. The van der Waals surface area contributed by atoms with E-state index in [9.17, 15) is 9.59 Å². The van der Waals surface area contributed by atoms with Crippen LogP contribution in [0.3, 0.4) is 0 Å². The number of nitrogens with zero attached hydrogens (tertiary/aromatic N) is 2. The molecule has 1 N–H and O–H groups in total. The Morgan fingerprint density at radius 2 is 2.04 bits per heavy atom. The highest BCUT2D eigenvalue weighted by Gasteiger charge is 2.28. The molecule has 0 unspecified atom stereocenters. The molecule has 5 heteroatoms. The van der Waals surface area contributed by atoms with E-state index in [1.165, 1.54) is 12.0 Å². The monoisotopic (exact) mass is 343 g/mol. The lowest BCUT2D eigenvalue weighted by atomic mass is 9.99. The van der Waals surface area contributed by atoms with E-state index in [0.717, 1.165) is 50.9 Å². The second kappa shape index (κ2) is 8.37. The fourth-order valence-electron chi connectivity index (χ4n) is 3.89. The lowest BCUT2D eigenvalue weighted by Gasteiger charge is -2.36. The summed E-state index contributed by atoms with van der Waals surface area (Å²) in [7, 11) is 0. The Balaban J connectivity index is 1.53. The molecule has 0 saturated carbocycles. The molecule has 25 heavy (non-hydrogen) atoms. The Hall–Kier alpha value is -2.04. The van der Waals surface area contributed by atoms with Crippen molar-refractivity contribution in [2.45, 2.75) is 58.0 Å². The highest BCUT2D eigenvalue weighted by atomic mass is 16.2. The summed E-state index contributed by atoms with van der Waals surface area (Å²) in [6, 6.07) is 8.42. The highest BCUT2D eigenvalue weighted by Crippen LogP contribution is 2.21. The maximum absolute atomic E-state index is 12.7. The van der Waals surface area contributed by atoms with Crippen LogP contribution in [0.1, 0.15) is 49.7 Å². The summed E-state index contributed by atoms with van der Waals surface area (Å²) in [5.41, 5.74) is 2.36. The second-order valence-electron chi connectivity index (χ2n) is 7.20. The van der Waals surface area contributed by atoms with Crippen LogP contribution in [-0.2, 0) is 11.3 Å². The van der Waals surface area contributed by atoms with E-state index in [2.05, 4.69) is 24.4 Å². The van der Waals surface area contributed by atoms with Gasteiger partial charge in [0.1, 0.15) is 0 Å². The quantitative estimate of drug-likeness (QED) is 0.893. The molecule has 2 saturated heterocycles. The molecule has 0 radical (unpaired) electrons. The van der Waals surface area contributed by atoms with Crippen LogP contribution in [0.25, 0.3) is 0 Å². The first-order valence-corrected chi connectivity index (χ1v) is 9.52. The van der Waals surface area contributed by atoms with Crippen LogP contribution in [0.15, 0.2) is 24.3 Å². The fraction of sp³-hybridized carbons (Fsp3) is 0.600. The van der Waals surface area contributed by atoms with Crippen LogP contribution in [-0.4, -0.2) is 47.4 Å². The van der Waals surface area contributed by atoms with Gasteiger partial charge in [0.15, 0.2) is 0 Å². The van der Waals surface area contributed by atoms with Gasteiger partial charge < -0.3 is 15.1 Å². The van der Waals surface area contributed by atoms with E-state index in [0.29, 0.717) is 13.0 Å². The summed E-state index contributed by atoms with van der Waals surface area (Å²) in [6.45, 7) is 5.12. The number of rotatable bonds is 5. The van der Waals surface area contributed by atoms with Crippen LogP contribution in [0.4, 0.5) is 4.79 Å². The molecule has 5 nitrogen and oxygen atoms in total. The molecule has 2 aliphatic rings. The molecule has 1 atom stereocenters. The zero-order valence-corrected chi connectivity index (χ0v) is 15.2. The average Bonchev–Trinajstić information content (AvgIpc) is 3.04. The van der Waals surface area contributed by atoms with Crippen molar-refractivity contribution in [1.29, 1.82) is 0 Å². The summed E-state index contributed by atoms with van der Waals surface area (Å²) in [5.74, 6) is 0.270. The number of carbonyl (C=O) groups is 2. The third-order valence-corrected chi connectivity index (χ3v) is 5.48. The third-order valence-electron chi connectivity index (χ3n) is 5.48. The predicted molar refractivity (Wildman–Crippen MR) is 98.2 cm³/mol. The number of hydrogen-bond donors (Lipinski definition) is 1. The zero-order valence-electron chi connectivity index (χ0n) is 15.2. The number of piperidine rings is 1. The topological polar surface area (TPSA) is 52.7 Å². The third kappa shape index (κ3) is 4.53. The van der Waals surface area contributed by atoms with Crippen LogP contribution >= 0.6 is 0 Å². The maximum Gasteiger partial charge on any atom is 0.317 e. The van der Waals surface area contributed by atoms with Gasteiger partial charge in [-0.1, -0.05) is 24.3 Å². The smallest absolute Gasteiger partial charge is 0.317 e. The van der Waals surface area contributed by atoms with Crippen LogP contribution in [0, 0.1) is 6.92 Å². The Bertz CT molecular complexity index is 617. The van der Waals surface area contributed by atoms with Crippen LogP contribution < -0.4 is 5.32 Å². The highest BCUT2D eigenvalue weighted by molar-refractivity contribution is 5.78. The van der Waals surface area contributed by atoms with Gasteiger partial charge in [0.2, 0.25) is 5.91 Å². The predicted octanol–water partition coefficient (Wildman–Crippen LogP) is 3.07. The Morgan fingerprint density at radius 1 is 1.20 bits per heavy atom. The van der Waals surface area contributed by atoms with Gasteiger partial charge in [-0.25, -0.2) is 4.79 Å². The molecule has 136 valence electrons. The number of likely N-dealkylation sites (tertiary alicyclic amines) is 2. The molecular formula is C20H29N3O2. The van der Waals surface area contributed by atoms with Gasteiger partial charge >= 0.3 is 6.03 Å². The van der Waals surface area contributed by atoms with Crippen molar-refractivity contribution in [2.24, 2.45) is 0 Å². The first-order chi connectivity index (χ1) is 12.1. The number of benzene rings is 1. The van der Waals surface area contributed by atoms with Crippen molar-refractivity contribution in [3.05, 3.63) is 35.4 Å². The number of carbonyl (C=O) groups excluding carboxylic acids is 2. The minimum Gasteiger partial charge on any atom is -0.343 e. The summed E-state index contributed by atoms with van der Waals surface area (Å²) < 4.78 is 0. The number of aryl methyl sites for hydroxylation is 1. The Morgan fingerprint density at radius 3 is 2.80 bits per heavy atom. The lowest BCUT2D eigenvalue weighted by Crippen LogP contribution is -2.49. The molecule has 0 bridgehead atoms. The van der Waals surface area contributed by atoms with Crippen LogP contribution in [0.2, 0.25) is 0 Å². The zero-order chi connectivity index (χ0) is 17.6. The first kappa shape index (κ1) is 17.8. The standard InChI is InChI=1S/C20H29N3O2/c1-16-7-2-3-8-17(16)15-21-20(25)23-13-5-4-9-18(23)11-14-22-12-6-10-19(22)24/h2-3,7-8,18H,4-6,9-15H2,1H3,(H,21,25)/t18-/m1/s1. The molecule has 3 amide bonds. The molecule has 0 aromatic heterocycles. The van der Waals surface area contributed by atoms with Gasteiger partial charge in [0.05, 0.1) is 0 Å². The largest absolute Gasteiger partial charge is 0.343 e. The number of nitrogens with one attached hydrogen (secondary N) is 1. The number of amides is 3. The van der Waals surface area contributed by atoms with Crippen molar-refractivity contribution in [2.75, 3.05) is 19.6 Å². The van der Waals surface area contributed by atoms with Gasteiger partial charge in [-0.3, -0.25) is 4.79 Å². The van der Waals surface area contributed by atoms with Gasteiger partial charge in [0.25, 0.3) is 0 Å². The second-order valence-corrected chi connectivity index (χ2v) is 7.20. The van der Waals surface area contributed by atoms with Crippen molar-refractivity contribution in [3.8, 4) is 0 Å². The first-order valence-electron chi connectivity index (χ1n) is 9.52. The van der Waals surface area contributed by atoms with E-state index in [4.69, 9.17) is 0 Å². The van der Waals surface area contributed by atoms with Gasteiger partial charge in [-0.05, 0) is 50.2 Å². The minimum atomic E-state index is 0.0284. The molecule has 2 heterocycles. The number of hydrogen-bond acceptors (Lipinski definition) is 2. The van der Waals surface area contributed by atoms with Crippen molar-refractivity contribution < 1.29 is 9.59 Å². The molecule has 0 spiro atoms. The molecule has 2 fully saturated rings. The molecule has 2 aliphatic heterocycles. The van der Waals surface area contributed by atoms with Crippen molar-refractivity contribution in [1.82, 2.24) is 15.1 Å². The Kier molecular flexibility index (Phi) is 5.95. The maximum atomic E-state index is 12.7. The van der Waals surface area contributed by atoms with E-state index in [1.807, 2.05) is 21.9 Å². The van der Waals surface area contributed by atoms with Gasteiger partial charge in [-0.2, -0.15) is 0 Å². The van der Waals surface area contributed by atoms with E-state index in [1.54, 1.807) is 0 Å². The molecule has 1 aromatic carbocycles. The number of urea groups is 1. The Labute approximate surface area is 150 Å². The van der Waals surface area contributed by atoms with Crippen molar-refractivity contribution >= 4 is 11.9 Å². The van der Waals surface area contributed by atoms with Gasteiger partial charge in [-0.15, -0.1) is 0 Å². The van der Waals surface area contributed by atoms with E-state index < -0.39 is 0 Å². The lowest BCUT2D eigenvalue weighted by molar-refractivity contribution is -0.127. The molecule has 3 rings (SSSR count). The van der Waals surface area contributed by atoms with E-state index >= 15 is 0 Å². The van der Waals surface area contributed by atoms with Gasteiger partial charge in [0, 0.05) is 38.6 Å². The molecule has 0 aliphatic carbocycles. The summed E-state index contributed by atoms with van der Waals surface area (Å²) in [5, 5.41) is 3.08. The normalized spacial score (nSPS) is 20.8. The molecule has 1 aromatic rings. The SMILES string of the molecule is Cc1ccccc1CNC(=O)N1CCCC[C@@H]1CCN1CCCC1=O. The molecular weight excluding hydrogens is 314 g/mol. The van der Waals surface area contributed by atoms with Crippen LogP contribution in [0.5, 0.6) is 0 Å². The summed E-state index contributed by atoms with van der Waals surface area (Å²) in [4.78, 5) is 28.4. The minimum absolute atomic E-state index is 0.0284. The average molecular weight is 343 g/mol.